The molecule has 0 fully saturated rings. The number of hydrogen-bond acceptors (Lipinski definition) is 3. The van der Waals surface area contributed by atoms with Crippen molar-refractivity contribution in [2.45, 2.75) is 6.42 Å². The molecule has 0 saturated carbocycles. The number of ketones is 1. The van der Waals surface area contributed by atoms with Crippen LogP contribution >= 0.6 is 0 Å². The Balaban J connectivity index is 2.37. The topological polar surface area (TPSA) is 60.2 Å². The molecule has 0 amide bonds. The molecular formula is C14H8F3NO3. The van der Waals surface area contributed by atoms with Gasteiger partial charge in [-0.15, -0.1) is 0 Å². The molecule has 0 radical (unpaired) electrons. The lowest BCUT2D eigenvalue weighted by atomic mass is 10.0. The van der Waals surface area contributed by atoms with Gasteiger partial charge in [-0.1, -0.05) is 12.1 Å². The molecule has 7 heteroatoms. The fraction of sp³-hybridized carbons (Fsp3) is 0.0714. The van der Waals surface area contributed by atoms with E-state index in [4.69, 9.17) is 0 Å². The lowest BCUT2D eigenvalue weighted by molar-refractivity contribution is -0.385. The van der Waals surface area contributed by atoms with Crippen molar-refractivity contribution in [2.24, 2.45) is 0 Å². The Labute approximate surface area is 117 Å². The molecule has 2 aromatic carbocycles. The number of Topliss-reactive ketones (excluding diaryl/α,β-unsaturated/α-hetero) is 1. The maximum Gasteiger partial charge on any atom is 0.283 e. The Morgan fingerprint density at radius 1 is 1.14 bits per heavy atom. The fourth-order valence-corrected chi connectivity index (χ4v) is 1.84. The highest BCUT2D eigenvalue weighted by Gasteiger charge is 2.22. The molecule has 21 heavy (non-hydrogen) atoms. The first-order valence-electron chi connectivity index (χ1n) is 5.80. The highest BCUT2D eigenvalue weighted by molar-refractivity contribution is 6.01. The minimum atomic E-state index is -1.18. The van der Waals surface area contributed by atoms with Crippen LogP contribution in [-0.4, -0.2) is 10.7 Å². The van der Waals surface area contributed by atoms with E-state index in [-0.39, 0.29) is 11.1 Å². The zero-order chi connectivity index (χ0) is 15.6. The van der Waals surface area contributed by atoms with E-state index < -0.39 is 40.3 Å². The van der Waals surface area contributed by atoms with Crippen molar-refractivity contribution in [2.75, 3.05) is 0 Å². The number of carbonyl (C=O) groups is 1. The molecule has 2 rings (SSSR count). The van der Waals surface area contributed by atoms with Gasteiger partial charge in [0.2, 0.25) is 0 Å². The Morgan fingerprint density at radius 3 is 2.52 bits per heavy atom. The highest BCUT2D eigenvalue weighted by Crippen LogP contribution is 2.22. The van der Waals surface area contributed by atoms with Gasteiger partial charge in [0.15, 0.2) is 17.4 Å². The Hall–Kier alpha value is -2.70. The van der Waals surface area contributed by atoms with Crippen molar-refractivity contribution in [1.82, 2.24) is 0 Å². The molecule has 0 saturated heterocycles. The molecule has 0 aliphatic rings. The lowest BCUT2D eigenvalue weighted by Gasteiger charge is -2.05. The molecule has 4 nitrogen and oxygen atoms in total. The van der Waals surface area contributed by atoms with E-state index in [2.05, 4.69) is 0 Å². The molecule has 0 spiro atoms. The van der Waals surface area contributed by atoms with Gasteiger partial charge in [-0.05, 0) is 23.8 Å². The third kappa shape index (κ3) is 3.07. The van der Waals surface area contributed by atoms with Crippen LogP contribution in [0.15, 0.2) is 36.4 Å². The maximum absolute atomic E-state index is 13.5. The highest BCUT2D eigenvalue weighted by atomic mass is 19.2. The number of nitro benzene ring substituents is 1. The van der Waals surface area contributed by atoms with Gasteiger partial charge in [0.25, 0.3) is 5.69 Å². The quantitative estimate of drug-likeness (QED) is 0.493. The second-order valence-electron chi connectivity index (χ2n) is 4.23. The van der Waals surface area contributed by atoms with E-state index >= 15 is 0 Å². The average Bonchev–Trinajstić information content (AvgIpc) is 2.43. The first-order chi connectivity index (χ1) is 9.90. The second kappa shape index (κ2) is 5.74. The Bertz CT molecular complexity index is 731. The third-order valence-electron chi connectivity index (χ3n) is 2.84. The lowest BCUT2D eigenvalue weighted by Crippen LogP contribution is -2.09. The number of nitro groups is 1. The summed E-state index contributed by atoms with van der Waals surface area (Å²) in [7, 11) is 0. The smallest absolute Gasteiger partial charge is 0.283 e. The van der Waals surface area contributed by atoms with Gasteiger partial charge in [0.05, 0.1) is 16.6 Å². The summed E-state index contributed by atoms with van der Waals surface area (Å²) in [5.41, 5.74) is -1.29. The first kappa shape index (κ1) is 14.7. The fourth-order valence-electron chi connectivity index (χ4n) is 1.84. The number of benzene rings is 2. The predicted octanol–water partition coefficient (Wildman–Crippen LogP) is 3.44. The van der Waals surface area contributed by atoms with Crippen molar-refractivity contribution >= 4 is 11.5 Å². The van der Waals surface area contributed by atoms with Gasteiger partial charge in [0, 0.05) is 6.42 Å². The van der Waals surface area contributed by atoms with Crippen LogP contribution in [-0.2, 0) is 6.42 Å². The number of nitrogens with zero attached hydrogens (tertiary/aromatic N) is 1. The maximum atomic E-state index is 13.5. The molecule has 0 N–H and O–H groups in total. The van der Waals surface area contributed by atoms with Gasteiger partial charge in [0.1, 0.15) is 5.82 Å². The summed E-state index contributed by atoms with van der Waals surface area (Å²) in [6.45, 7) is 0. The summed E-state index contributed by atoms with van der Waals surface area (Å²) >= 11 is 0. The van der Waals surface area contributed by atoms with Gasteiger partial charge in [-0.3, -0.25) is 14.9 Å². The first-order valence-corrected chi connectivity index (χ1v) is 5.80. The van der Waals surface area contributed by atoms with E-state index in [9.17, 15) is 28.1 Å². The van der Waals surface area contributed by atoms with Crippen LogP contribution < -0.4 is 0 Å². The number of hydrogen-bond donors (Lipinski definition) is 0. The molecule has 108 valence electrons. The van der Waals surface area contributed by atoms with Crippen LogP contribution in [0, 0.1) is 27.6 Å². The van der Waals surface area contributed by atoms with E-state index in [1.807, 2.05) is 0 Å². The molecule has 0 aromatic heterocycles. The third-order valence-corrected chi connectivity index (χ3v) is 2.84. The molecule has 0 aliphatic heterocycles. The van der Waals surface area contributed by atoms with Crippen molar-refractivity contribution in [3.63, 3.8) is 0 Å². The molecule has 0 unspecified atom stereocenters. The monoisotopic (exact) mass is 295 g/mol. The Kier molecular flexibility index (Phi) is 4.02. The van der Waals surface area contributed by atoms with Crippen molar-refractivity contribution < 1.29 is 22.9 Å². The molecular weight excluding hydrogens is 287 g/mol. The van der Waals surface area contributed by atoms with Gasteiger partial charge >= 0.3 is 0 Å². The summed E-state index contributed by atoms with van der Waals surface area (Å²) in [5, 5.41) is 10.8. The molecule has 0 aliphatic carbocycles. The summed E-state index contributed by atoms with van der Waals surface area (Å²) < 4.78 is 39.5. The zero-order valence-corrected chi connectivity index (χ0v) is 10.5. The molecule has 0 heterocycles. The van der Waals surface area contributed by atoms with Crippen LogP contribution in [0.4, 0.5) is 18.9 Å². The molecule has 0 atom stereocenters. The summed E-state index contributed by atoms with van der Waals surface area (Å²) in [6, 6.07) is 5.76. The largest absolute Gasteiger partial charge is 0.294 e. The van der Waals surface area contributed by atoms with Crippen molar-refractivity contribution in [3.05, 3.63) is 75.1 Å². The average molecular weight is 295 g/mol. The predicted molar refractivity (Wildman–Crippen MR) is 67.4 cm³/mol. The van der Waals surface area contributed by atoms with Crippen LogP contribution in [0.2, 0.25) is 0 Å². The van der Waals surface area contributed by atoms with Crippen LogP contribution in [0.1, 0.15) is 15.9 Å². The number of rotatable bonds is 4. The van der Waals surface area contributed by atoms with Crippen LogP contribution in [0.5, 0.6) is 0 Å². The van der Waals surface area contributed by atoms with Gasteiger partial charge in [-0.2, -0.15) is 0 Å². The molecule has 0 bridgehead atoms. The van der Waals surface area contributed by atoms with E-state index in [1.165, 1.54) is 12.1 Å². The van der Waals surface area contributed by atoms with Crippen molar-refractivity contribution in [3.8, 4) is 0 Å². The van der Waals surface area contributed by atoms with E-state index in [0.717, 1.165) is 18.2 Å². The van der Waals surface area contributed by atoms with Gasteiger partial charge in [-0.25, -0.2) is 13.2 Å². The standard InChI is InChI=1S/C14H8F3NO3/c15-9-4-5-10(12(7-9)18(20)21)13(19)6-8-2-1-3-11(16)14(8)17/h1-5,7H,6H2. The Morgan fingerprint density at radius 2 is 1.86 bits per heavy atom. The number of carbonyl (C=O) groups excluding carboxylic acids is 1. The van der Waals surface area contributed by atoms with E-state index in [1.54, 1.807) is 0 Å². The minimum absolute atomic E-state index is 0.223. The van der Waals surface area contributed by atoms with Gasteiger partial charge < -0.3 is 0 Å². The van der Waals surface area contributed by atoms with Crippen LogP contribution in [0.3, 0.4) is 0 Å². The van der Waals surface area contributed by atoms with Crippen LogP contribution in [0.25, 0.3) is 0 Å². The zero-order valence-electron chi connectivity index (χ0n) is 10.5. The molecule has 2 aromatic rings. The van der Waals surface area contributed by atoms with E-state index in [0.29, 0.717) is 6.07 Å². The number of halogens is 3. The summed E-state index contributed by atoms with van der Waals surface area (Å²) in [6.07, 6.45) is -0.559. The summed E-state index contributed by atoms with van der Waals surface area (Å²) in [5.74, 6) is -3.97. The van der Waals surface area contributed by atoms with Crippen molar-refractivity contribution in [1.29, 1.82) is 0 Å². The SMILES string of the molecule is O=C(Cc1cccc(F)c1F)c1ccc(F)cc1[N+](=O)[O-]. The second-order valence-corrected chi connectivity index (χ2v) is 4.23. The minimum Gasteiger partial charge on any atom is -0.294 e. The normalized spacial score (nSPS) is 10.4. The summed E-state index contributed by atoms with van der Waals surface area (Å²) in [4.78, 5) is 21.9.